The number of halogens is 1. The number of carbonyl (C=O) groups is 2. The summed E-state index contributed by atoms with van der Waals surface area (Å²) in [7, 11) is 0. The topological polar surface area (TPSA) is 124 Å². The highest BCUT2D eigenvalue weighted by Gasteiger charge is 2.19. The van der Waals surface area contributed by atoms with Gasteiger partial charge in [-0.05, 0) is 47.4 Å². The van der Waals surface area contributed by atoms with Gasteiger partial charge in [-0.1, -0.05) is 35.9 Å². The molecule has 1 aromatic heterocycles. The summed E-state index contributed by atoms with van der Waals surface area (Å²) in [6, 6.07) is 14.7. The van der Waals surface area contributed by atoms with Crippen LogP contribution in [0.4, 0.5) is 10.5 Å². The number of amides is 3. The van der Waals surface area contributed by atoms with E-state index >= 15 is 0 Å². The van der Waals surface area contributed by atoms with Crippen molar-refractivity contribution in [2.24, 2.45) is 0 Å². The molecule has 0 unspecified atom stereocenters. The van der Waals surface area contributed by atoms with Crippen molar-refractivity contribution < 1.29 is 9.59 Å². The number of rotatable bonds is 8. The smallest absolute Gasteiger partial charge is 0.317 e. The van der Waals surface area contributed by atoms with Crippen LogP contribution in [-0.2, 0) is 13.0 Å². The van der Waals surface area contributed by atoms with Crippen molar-refractivity contribution >= 4 is 34.9 Å². The summed E-state index contributed by atoms with van der Waals surface area (Å²) in [5.74, 6) is -0.320. The third-order valence-electron chi connectivity index (χ3n) is 5.57. The summed E-state index contributed by atoms with van der Waals surface area (Å²) in [6.07, 6.45) is 3.85. The van der Waals surface area contributed by atoms with Crippen molar-refractivity contribution in [2.75, 3.05) is 25.4 Å². The molecule has 0 bridgehead atoms. The Hall–Kier alpha value is -3.91. The molecule has 2 heterocycles. The maximum Gasteiger partial charge on any atom is 0.317 e. The molecule has 1 aliphatic rings. The molecule has 0 atom stereocenters. The van der Waals surface area contributed by atoms with Crippen LogP contribution in [-0.4, -0.2) is 47.2 Å². The molecule has 4 rings (SSSR count). The average molecular weight is 477 g/mol. The number of benzene rings is 2. The monoisotopic (exact) mass is 476 g/mol. The molecule has 2 aromatic carbocycles. The molecule has 1 saturated heterocycles. The van der Waals surface area contributed by atoms with Gasteiger partial charge >= 0.3 is 6.03 Å². The molecule has 9 heteroatoms. The van der Waals surface area contributed by atoms with Crippen LogP contribution >= 0.6 is 11.6 Å². The normalized spacial score (nSPS) is 13.0. The predicted molar refractivity (Wildman–Crippen MR) is 132 cm³/mol. The third-order valence-corrected chi connectivity index (χ3v) is 5.81. The molecule has 0 radical (unpaired) electrons. The Labute approximate surface area is 202 Å². The quantitative estimate of drug-likeness (QED) is 0.294. The average Bonchev–Trinajstić information content (AvgIpc) is 3.24. The Morgan fingerprint density at radius 2 is 1.88 bits per heavy atom. The Kier molecular flexibility index (Phi) is 7.08. The summed E-state index contributed by atoms with van der Waals surface area (Å²) in [5.41, 5.74) is 10.5. The molecule has 3 aromatic rings. The zero-order chi connectivity index (χ0) is 24.1. The van der Waals surface area contributed by atoms with Gasteiger partial charge in [-0.3, -0.25) is 9.78 Å². The van der Waals surface area contributed by atoms with E-state index in [0.29, 0.717) is 47.9 Å². The van der Waals surface area contributed by atoms with E-state index in [0.717, 1.165) is 16.7 Å². The Bertz CT molecular complexity index is 1230. The maximum atomic E-state index is 12.6. The molecular weight excluding hydrogens is 452 g/mol. The lowest BCUT2D eigenvalue weighted by Gasteiger charge is -2.14. The van der Waals surface area contributed by atoms with Gasteiger partial charge < -0.3 is 26.7 Å². The molecule has 5 N–H and O–H groups in total. The summed E-state index contributed by atoms with van der Waals surface area (Å²) >= 11 is 5.99. The van der Waals surface area contributed by atoms with Gasteiger partial charge in [0.25, 0.3) is 5.91 Å². The first kappa shape index (κ1) is 23.3. The fourth-order valence-corrected chi connectivity index (χ4v) is 3.92. The number of pyridine rings is 1. The lowest BCUT2D eigenvalue weighted by molar-refractivity contribution is 0.0958. The zero-order valence-corrected chi connectivity index (χ0v) is 19.2. The van der Waals surface area contributed by atoms with Gasteiger partial charge in [0.1, 0.15) is 0 Å². The Balaban J connectivity index is 1.35. The third kappa shape index (κ3) is 5.71. The molecule has 3 amide bonds. The van der Waals surface area contributed by atoms with Crippen LogP contribution in [0.3, 0.4) is 0 Å². The summed E-state index contributed by atoms with van der Waals surface area (Å²) in [6.45, 7) is 2.00. The Morgan fingerprint density at radius 1 is 1.12 bits per heavy atom. The van der Waals surface area contributed by atoms with E-state index in [2.05, 4.69) is 15.6 Å². The van der Waals surface area contributed by atoms with Crippen molar-refractivity contribution in [1.82, 2.24) is 20.5 Å². The second-order valence-corrected chi connectivity index (χ2v) is 8.56. The minimum absolute atomic E-state index is 0.0180. The number of carbonyl (C=O) groups excluding carboxylic acids is 2. The van der Waals surface area contributed by atoms with E-state index in [-0.39, 0.29) is 24.2 Å². The fraction of sp³-hybridized carbons (Fsp3) is 0.200. The van der Waals surface area contributed by atoms with Crippen molar-refractivity contribution in [3.63, 3.8) is 0 Å². The molecule has 34 heavy (non-hydrogen) atoms. The van der Waals surface area contributed by atoms with Crippen LogP contribution in [0, 0.1) is 5.41 Å². The van der Waals surface area contributed by atoms with Crippen molar-refractivity contribution in [1.29, 1.82) is 5.41 Å². The van der Waals surface area contributed by atoms with Crippen LogP contribution in [0.1, 0.15) is 32.6 Å². The van der Waals surface area contributed by atoms with Gasteiger partial charge in [-0.25, -0.2) is 4.79 Å². The number of anilines is 1. The number of hydrogen-bond donors (Lipinski definition) is 4. The van der Waals surface area contributed by atoms with Gasteiger partial charge in [0.15, 0.2) is 0 Å². The number of hydrogen-bond acceptors (Lipinski definition) is 5. The van der Waals surface area contributed by atoms with E-state index in [1.54, 1.807) is 35.4 Å². The van der Waals surface area contributed by atoms with Crippen LogP contribution in [0.5, 0.6) is 0 Å². The van der Waals surface area contributed by atoms with E-state index in [1.807, 2.05) is 24.3 Å². The lowest BCUT2D eigenvalue weighted by Crippen LogP contribution is -2.30. The highest BCUT2D eigenvalue weighted by atomic mass is 35.5. The molecule has 0 aliphatic carbocycles. The Morgan fingerprint density at radius 3 is 2.62 bits per heavy atom. The van der Waals surface area contributed by atoms with Gasteiger partial charge in [0.2, 0.25) is 0 Å². The molecule has 1 aliphatic heterocycles. The SMILES string of the molecule is N=C(CNC(=O)c1cncc(Cc2ccc(CN3CCNC3=O)cc2)c1)c1cc(Cl)ccc1N. The molecule has 1 fully saturated rings. The number of nitrogen functional groups attached to an aromatic ring is 1. The van der Waals surface area contributed by atoms with E-state index in [9.17, 15) is 9.59 Å². The number of urea groups is 1. The van der Waals surface area contributed by atoms with Crippen LogP contribution in [0.15, 0.2) is 60.9 Å². The van der Waals surface area contributed by atoms with E-state index in [1.165, 1.54) is 6.20 Å². The maximum absolute atomic E-state index is 12.6. The summed E-state index contributed by atoms with van der Waals surface area (Å²) in [4.78, 5) is 30.3. The van der Waals surface area contributed by atoms with E-state index in [4.69, 9.17) is 22.7 Å². The van der Waals surface area contributed by atoms with Gasteiger partial charge in [0, 0.05) is 48.3 Å². The minimum Gasteiger partial charge on any atom is -0.398 e. The molecule has 8 nitrogen and oxygen atoms in total. The summed E-state index contributed by atoms with van der Waals surface area (Å²) in [5, 5.41) is 14.2. The first-order valence-electron chi connectivity index (χ1n) is 10.8. The number of aromatic nitrogens is 1. The molecular formula is C25H25ClN6O2. The fourth-order valence-electron chi connectivity index (χ4n) is 3.74. The van der Waals surface area contributed by atoms with Crippen LogP contribution in [0.2, 0.25) is 5.02 Å². The molecule has 174 valence electrons. The van der Waals surface area contributed by atoms with Gasteiger partial charge in [0.05, 0.1) is 17.8 Å². The lowest BCUT2D eigenvalue weighted by atomic mass is 10.0. The second-order valence-electron chi connectivity index (χ2n) is 8.12. The minimum atomic E-state index is -0.320. The standard InChI is InChI=1S/C25H25ClN6O2/c26-20-5-6-22(27)21(11-20)23(28)14-31-24(33)19-10-18(12-29-13-19)9-16-1-3-17(4-2-16)15-32-8-7-30-25(32)34/h1-6,10-13,28H,7-9,14-15,27H2,(H,30,34)(H,31,33). The number of nitrogens with two attached hydrogens (primary N) is 1. The summed E-state index contributed by atoms with van der Waals surface area (Å²) < 4.78 is 0. The van der Waals surface area contributed by atoms with Crippen molar-refractivity contribution in [3.05, 3.63) is 93.8 Å². The second kappa shape index (κ2) is 10.4. The van der Waals surface area contributed by atoms with Crippen molar-refractivity contribution in [3.8, 4) is 0 Å². The van der Waals surface area contributed by atoms with Gasteiger partial charge in [-0.15, -0.1) is 0 Å². The van der Waals surface area contributed by atoms with E-state index < -0.39 is 0 Å². The number of nitrogens with zero attached hydrogens (tertiary/aromatic N) is 2. The number of nitrogens with one attached hydrogen (secondary N) is 3. The van der Waals surface area contributed by atoms with Crippen LogP contribution in [0.25, 0.3) is 0 Å². The highest BCUT2D eigenvalue weighted by Crippen LogP contribution is 2.18. The van der Waals surface area contributed by atoms with Gasteiger partial charge in [-0.2, -0.15) is 0 Å². The molecule has 0 spiro atoms. The zero-order valence-electron chi connectivity index (χ0n) is 18.5. The highest BCUT2D eigenvalue weighted by molar-refractivity contribution is 6.31. The first-order chi connectivity index (χ1) is 16.4. The van der Waals surface area contributed by atoms with Crippen LogP contribution < -0.4 is 16.4 Å². The van der Waals surface area contributed by atoms with Crippen molar-refractivity contribution in [2.45, 2.75) is 13.0 Å². The first-order valence-corrected chi connectivity index (χ1v) is 11.2. The largest absolute Gasteiger partial charge is 0.398 e. The predicted octanol–water partition coefficient (Wildman–Crippen LogP) is 3.23. The molecule has 0 saturated carbocycles.